The first-order chi connectivity index (χ1) is 12.4. The van der Waals surface area contributed by atoms with Crippen LogP contribution in [-0.4, -0.2) is 24.9 Å². The molecule has 1 saturated heterocycles. The quantitative estimate of drug-likeness (QED) is 0.758. The van der Waals surface area contributed by atoms with Gasteiger partial charge in [0.25, 0.3) is 0 Å². The highest BCUT2D eigenvalue weighted by Crippen LogP contribution is 2.32. The summed E-state index contributed by atoms with van der Waals surface area (Å²) in [7, 11) is 0. The fraction of sp³-hybridized carbons (Fsp3) is 0.300. The highest BCUT2D eigenvalue weighted by atomic mass is 35.5. The zero-order chi connectivity index (χ0) is 18.8. The van der Waals surface area contributed by atoms with Crippen molar-refractivity contribution in [3.63, 3.8) is 0 Å². The second kappa shape index (κ2) is 7.68. The van der Waals surface area contributed by atoms with Gasteiger partial charge in [-0.05, 0) is 49.7 Å². The maximum absolute atomic E-state index is 13.0. The Morgan fingerprint density at radius 2 is 1.96 bits per heavy atom. The van der Waals surface area contributed by atoms with E-state index in [0.717, 1.165) is 11.3 Å². The largest absolute Gasteiger partial charge is 0.312 e. The minimum Gasteiger partial charge on any atom is -0.312 e. The van der Waals surface area contributed by atoms with E-state index in [1.165, 1.54) is 0 Å². The van der Waals surface area contributed by atoms with Crippen molar-refractivity contribution in [1.29, 1.82) is 0 Å². The van der Waals surface area contributed by atoms with E-state index in [4.69, 9.17) is 23.2 Å². The molecule has 1 aliphatic rings. The molecule has 0 aromatic heterocycles. The van der Waals surface area contributed by atoms with Crippen LogP contribution in [0.1, 0.15) is 18.9 Å². The summed E-state index contributed by atoms with van der Waals surface area (Å²) in [6.45, 7) is 4.83. The van der Waals surface area contributed by atoms with Crippen molar-refractivity contribution in [2.45, 2.75) is 20.3 Å². The van der Waals surface area contributed by atoms with Crippen LogP contribution in [0.15, 0.2) is 42.5 Å². The summed E-state index contributed by atoms with van der Waals surface area (Å²) < 4.78 is 0. The number of halogens is 2. The van der Waals surface area contributed by atoms with Gasteiger partial charge in [0, 0.05) is 30.9 Å². The maximum Gasteiger partial charge on any atom is 0.232 e. The molecule has 0 spiro atoms. The van der Waals surface area contributed by atoms with E-state index in [9.17, 15) is 9.59 Å². The minimum absolute atomic E-state index is 0.0333. The molecule has 3 rings (SSSR count). The molecule has 1 aliphatic heterocycles. The van der Waals surface area contributed by atoms with E-state index >= 15 is 0 Å². The van der Waals surface area contributed by atoms with Gasteiger partial charge in [0.15, 0.2) is 0 Å². The van der Waals surface area contributed by atoms with Crippen LogP contribution in [0.5, 0.6) is 0 Å². The smallest absolute Gasteiger partial charge is 0.232 e. The van der Waals surface area contributed by atoms with E-state index in [2.05, 4.69) is 0 Å². The molecule has 0 N–H and O–H groups in total. The van der Waals surface area contributed by atoms with E-state index in [1.807, 2.05) is 38.1 Å². The SMILES string of the molecule is CCN(C(=O)C1CC(=O)N(c2ccc(Cl)c(Cl)c2)C1)c1cccc(C)c1. The molecule has 0 bridgehead atoms. The van der Waals surface area contributed by atoms with Crippen molar-refractivity contribution < 1.29 is 9.59 Å². The fourth-order valence-electron chi connectivity index (χ4n) is 3.26. The monoisotopic (exact) mass is 390 g/mol. The lowest BCUT2D eigenvalue weighted by molar-refractivity contribution is -0.124. The van der Waals surface area contributed by atoms with E-state index in [1.54, 1.807) is 28.0 Å². The van der Waals surface area contributed by atoms with E-state index in [0.29, 0.717) is 28.8 Å². The first-order valence-electron chi connectivity index (χ1n) is 8.54. The van der Waals surface area contributed by atoms with E-state index < -0.39 is 0 Å². The van der Waals surface area contributed by atoms with Gasteiger partial charge in [0.2, 0.25) is 11.8 Å². The number of hydrogen-bond acceptors (Lipinski definition) is 2. The van der Waals surface area contributed by atoms with Gasteiger partial charge < -0.3 is 9.80 Å². The summed E-state index contributed by atoms with van der Waals surface area (Å²) in [6, 6.07) is 12.9. The predicted octanol–water partition coefficient (Wildman–Crippen LogP) is 4.71. The molecule has 1 atom stereocenters. The van der Waals surface area contributed by atoms with Crippen molar-refractivity contribution in [3.05, 3.63) is 58.1 Å². The molecule has 0 aliphatic carbocycles. The number of nitrogens with zero attached hydrogens (tertiary/aromatic N) is 2. The van der Waals surface area contributed by atoms with Gasteiger partial charge in [-0.25, -0.2) is 0 Å². The number of aryl methyl sites for hydroxylation is 1. The van der Waals surface area contributed by atoms with Crippen molar-refractivity contribution in [1.82, 2.24) is 0 Å². The Kier molecular flexibility index (Phi) is 5.54. The third-order valence-electron chi connectivity index (χ3n) is 4.58. The molecule has 26 heavy (non-hydrogen) atoms. The predicted molar refractivity (Wildman–Crippen MR) is 106 cm³/mol. The summed E-state index contributed by atoms with van der Waals surface area (Å²) in [5.74, 6) is -0.492. The summed E-state index contributed by atoms with van der Waals surface area (Å²) in [5.41, 5.74) is 2.62. The molecule has 6 heteroatoms. The summed E-state index contributed by atoms with van der Waals surface area (Å²) in [5, 5.41) is 0.827. The number of anilines is 2. The molecule has 2 aromatic rings. The molecular formula is C20H20Cl2N2O2. The van der Waals surface area contributed by atoms with Gasteiger partial charge in [-0.3, -0.25) is 9.59 Å². The first kappa shape index (κ1) is 18.7. The Hall–Kier alpha value is -2.04. The average molecular weight is 391 g/mol. The number of carbonyl (C=O) groups excluding carboxylic acids is 2. The molecule has 1 fully saturated rings. The lowest BCUT2D eigenvalue weighted by atomic mass is 10.1. The zero-order valence-corrected chi connectivity index (χ0v) is 16.2. The Morgan fingerprint density at radius 1 is 1.19 bits per heavy atom. The number of amides is 2. The minimum atomic E-state index is -0.377. The Morgan fingerprint density at radius 3 is 2.62 bits per heavy atom. The lowest BCUT2D eigenvalue weighted by Crippen LogP contribution is -2.37. The highest BCUT2D eigenvalue weighted by Gasteiger charge is 2.37. The normalized spacial score (nSPS) is 16.8. The molecule has 0 radical (unpaired) electrons. The van der Waals surface area contributed by atoms with Crippen LogP contribution in [0.3, 0.4) is 0 Å². The highest BCUT2D eigenvalue weighted by molar-refractivity contribution is 6.42. The van der Waals surface area contributed by atoms with Gasteiger partial charge in [-0.1, -0.05) is 35.3 Å². The van der Waals surface area contributed by atoms with E-state index in [-0.39, 0.29) is 24.2 Å². The van der Waals surface area contributed by atoms with Crippen LogP contribution in [0.4, 0.5) is 11.4 Å². The number of rotatable bonds is 4. The molecule has 2 aromatic carbocycles. The lowest BCUT2D eigenvalue weighted by Gasteiger charge is -2.25. The summed E-state index contributed by atoms with van der Waals surface area (Å²) >= 11 is 12.0. The summed E-state index contributed by atoms with van der Waals surface area (Å²) in [6.07, 6.45) is 0.196. The third-order valence-corrected chi connectivity index (χ3v) is 5.32. The fourth-order valence-corrected chi connectivity index (χ4v) is 3.55. The molecule has 136 valence electrons. The van der Waals surface area contributed by atoms with Crippen molar-refractivity contribution in [2.75, 3.05) is 22.9 Å². The number of carbonyl (C=O) groups is 2. The molecule has 0 saturated carbocycles. The molecule has 4 nitrogen and oxygen atoms in total. The van der Waals surface area contributed by atoms with Crippen molar-refractivity contribution in [2.24, 2.45) is 5.92 Å². The van der Waals surface area contributed by atoms with Crippen LogP contribution in [0.25, 0.3) is 0 Å². The van der Waals surface area contributed by atoms with Gasteiger partial charge in [0.05, 0.1) is 16.0 Å². The van der Waals surface area contributed by atoms with Crippen LogP contribution in [0.2, 0.25) is 10.0 Å². The van der Waals surface area contributed by atoms with Crippen LogP contribution < -0.4 is 9.80 Å². The van der Waals surface area contributed by atoms with Crippen molar-refractivity contribution in [3.8, 4) is 0 Å². The van der Waals surface area contributed by atoms with Gasteiger partial charge >= 0.3 is 0 Å². The Bertz CT molecular complexity index is 853. The average Bonchev–Trinajstić information content (AvgIpc) is 3.00. The molecular weight excluding hydrogens is 371 g/mol. The van der Waals surface area contributed by atoms with Gasteiger partial charge in [-0.2, -0.15) is 0 Å². The number of hydrogen-bond donors (Lipinski definition) is 0. The number of benzene rings is 2. The second-order valence-electron chi connectivity index (χ2n) is 6.43. The molecule has 1 heterocycles. The van der Waals surface area contributed by atoms with Crippen molar-refractivity contribution >= 4 is 46.4 Å². The Labute approximate surface area is 163 Å². The van der Waals surface area contributed by atoms with Crippen LogP contribution in [0, 0.1) is 12.8 Å². The molecule has 1 unspecified atom stereocenters. The third kappa shape index (κ3) is 3.71. The molecule has 2 amide bonds. The zero-order valence-electron chi connectivity index (χ0n) is 14.7. The topological polar surface area (TPSA) is 40.6 Å². The maximum atomic E-state index is 13.0. The van der Waals surface area contributed by atoms with Crippen LogP contribution in [-0.2, 0) is 9.59 Å². The Balaban J connectivity index is 1.80. The van der Waals surface area contributed by atoms with Crippen LogP contribution >= 0.6 is 23.2 Å². The standard InChI is InChI=1S/C20H20Cl2N2O2/c1-3-23(15-6-4-5-13(2)9-15)20(26)14-10-19(25)24(12-14)16-7-8-17(21)18(22)11-16/h4-9,11,14H,3,10,12H2,1-2H3. The van der Waals surface area contributed by atoms with Gasteiger partial charge in [0.1, 0.15) is 0 Å². The second-order valence-corrected chi connectivity index (χ2v) is 7.24. The first-order valence-corrected chi connectivity index (χ1v) is 9.29. The van der Waals surface area contributed by atoms with Gasteiger partial charge in [-0.15, -0.1) is 0 Å². The summed E-state index contributed by atoms with van der Waals surface area (Å²) in [4.78, 5) is 28.8.